The number of nitrogens with one attached hydrogen (secondary N) is 1. The predicted molar refractivity (Wildman–Crippen MR) is 124 cm³/mol. The van der Waals surface area contributed by atoms with E-state index in [0.29, 0.717) is 19.0 Å². The van der Waals surface area contributed by atoms with E-state index in [1.165, 1.54) is 5.56 Å². The van der Waals surface area contributed by atoms with E-state index in [-0.39, 0.29) is 0 Å². The lowest BCUT2D eigenvalue weighted by Gasteiger charge is -2.33. The maximum absolute atomic E-state index is 6.02. The predicted octanol–water partition coefficient (Wildman–Crippen LogP) is 3.80. The summed E-state index contributed by atoms with van der Waals surface area (Å²) < 4.78 is 5.83. The Kier molecular flexibility index (Phi) is 6.79. The van der Waals surface area contributed by atoms with Crippen LogP contribution in [0, 0.1) is 12.8 Å². The van der Waals surface area contributed by atoms with Crippen LogP contribution in [0.4, 0.5) is 0 Å². The Balaban J connectivity index is 1.49. The van der Waals surface area contributed by atoms with Gasteiger partial charge in [-0.3, -0.25) is 0 Å². The molecular formula is C23H33N5O2S. The number of thiazole rings is 1. The van der Waals surface area contributed by atoms with E-state index in [1.54, 1.807) is 11.3 Å². The number of hydroxylamine groups is 1. The van der Waals surface area contributed by atoms with E-state index < -0.39 is 5.72 Å². The molecule has 0 aliphatic carbocycles. The number of rotatable bonds is 7. The normalized spacial score (nSPS) is 18.3. The Labute approximate surface area is 189 Å². The Bertz CT molecular complexity index is 888. The SMILES string of the molecule is Cc1nc(CN(Cc2ccc(OCC(C)C)cc2)C2=NC3(CCN(C)CC3)ON2)cs1. The van der Waals surface area contributed by atoms with Gasteiger partial charge in [0.25, 0.3) is 0 Å². The van der Waals surface area contributed by atoms with Crippen LogP contribution < -0.4 is 10.2 Å². The second-order valence-corrected chi connectivity index (χ2v) is 10.0. The summed E-state index contributed by atoms with van der Waals surface area (Å²) in [6, 6.07) is 8.33. The lowest BCUT2D eigenvalue weighted by atomic mass is 10.0. The molecule has 0 saturated carbocycles. The number of hydrogen-bond acceptors (Lipinski definition) is 8. The fourth-order valence-corrected chi connectivity index (χ4v) is 4.36. The second-order valence-electron chi connectivity index (χ2n) is 8.95. The molecule has 0 amide bonds. The molecule has 1 aromatic carbocycles. The molecule has 0 unspecified atom stereocenters. The number of hydrogen-bond donors (Lipinski definition) is 1. The third-order valence-corrected chi connectivity index (χ3v) is 6.43. The van der Waals surface area contributed by atoms with Gasteiger partial charge in [0.1, 0.15) is 5.75 Å². The van der Waals surface area contributed by atoms with Crippen molar-refractivity contribution in [2.45, 2.75) is 52.4 Å². The van der Waals surface area contributed by atoms with Crippen molar-refractivity contribution in [1.29, 1.82) is 0 Å². The minimum atomic E-state index is -0.452. The van der Waals surface area contributed by atoms with Gasteiger partial charge in [0, 0.05) is 37.9 Å². The number of likely N-dealkylation sites (tertiary alicyclic amines) is 1. The van der Waals surface area contributed by atoms with E-state index in [0.717, 1.165) is 54.9 Å². The van der Waals surface area contributed by atoms with Crippen molar-refractivity contribution in [3.8, 4) is 5.75 Å². The number of piperidine rings is 1. The molecule has 7 nitrogen and oxygen atoms in total. The number of ether oxygens (including phenoxy) is 1. The van der Waals surface area contributed by atoms with E-state index in [2.05, 4.69) is 58.7 Å². The summed E-state index contributed by atoms with van der Waals surface area (Å²) in [5.41, 5.74) is 4.92. The summed E-state index contributed by atoms with van der Waals surface area (Å²) in [5.74, 6) is 2.20. The summed E-state index contributed by atoms with van der Waals surface area (Å²) in [5, 5.41) is 3.19. The first-order valence-corrected chi connectivity index (χ1v) is 11.9. The maximum atomic E-state index is 6.02. The first-order valence-electron chi connectivity index (χ1n) is 11.0. The number of aryl methyl sites for hydroxylation is 1. The van der Waals surface area contributed by atoms with Crippen LogP contribution in [0.2, 0.25) is 0 Å². The van der Waals surface area contributed by atoms with Crippen LogP contribution in [0.3, 0.4) is 0 Å². The number of guanidine groups is 1. The molecule has 1 fully saturated rings. The Morgan fingerprint density at radius 3 is 2.61 bits per heavy atom. The quantitative estimate of drug-likeness (QED) is 0.702. The van der Waals surface area contributed by atoms with E-state index in [9.17, 15) is 0 Å². The highest BCUT2D eigenvalue weighted by Crippen LogP contribution is 2.30. The Morgan fingerprint density at radius 1 is 1.23 bits per heavy atom. The fraction of sp³-hybridized carbons (Fsp3) is 0.565. The van der Waals surface area contributed by atoms with E-state index >= 15 is 0 Å². The van der Waals surface area contributed by atoms with Gasteiger partial charge in [-0.15, -0.1) is 11.3 Å². The van der Waals surface area contributed by atoms with E-state index in [1.807, 2.05) is 19.1 Å². The summed E-state index contributed by atoms with van der Waals surface area (Å²) in [4.78, 5) is 20.2. The van der Waals surface area contributed by atoms with Gasteiger partial charge >= 0.3 is 0 Å². The topological polar surface area (TPSA) is 62.2 Å². The molecule has 1 spiro atoms. The maximum Gasteiger partial charge on any atom is 0.222 e. The van der Waals surface area contributed by atoms with Gasteiger partial charge in [0.2, 0.25) is 5.96 Å². The van der Waals surface area contributed by atoms with Gasteiger partial charge in [-0.25, -0.2) is 20.3 Å². The molecule has 1 saturated heterocycles. The van der Waals surface area contributed by atoms with Gasteiger partial charge in [-0.1, -0.05) is 26.0 Å². The van der Waals surface area contributed by atoms with Crippen LogP contribution in [0.1, 0.15) is 43.0 Å². The molecule has 0 bridgehead atoms. The highest BCUT2D eigenvalue weighted by atomic mass is 32.1. The van der Waals surface area contributed by atoms with Crippen molar-refractivity contribution in [3.05, 3.63) is 45.9 Å². The molecule has 0 atom stereocenters. The molecular weight excluding hydrogens is 410 g/mol. The molecule has 1 aromatic heterocycles. The van der Waals surface area contributed by atoms with Gasteiger partial charge in [0.05, 0.1) is 23.9 Å². The highest BCUT2D eigenvalue weighted by Gasteiger charge is 2.40. The summed E-state index contributed by atoms with van der Waals surface area (Å²) in [6.07, 6.45) is 1.79. The highest BCUT2D eigenvalue weighted by molar-refractivity contribution is 7.09. The van der Waals surface area contributed by atoms with Gasteiger partial charge in [-0.05, 0) is 37.6 Å². The third kappa shape index (κ3) is 5.75. The van der Waals surface area contributed by atoms with Crippen LogP contribution in [-0.2, 0) is 17.9 Å². The van der Waals surface area contributed by atoms with Crippen LogP contribution >= 0.6 is 11.3 Å². The zero-order chi connectivity index (χ0) is 21.8. The average Bonchev–Trinajstić information content (AvgIpc) is 3.36. The standard InChI is InChI=1S/C23H33N5O2S/c1-17(2)15-29-21-7-5-19(6-8-21)13-28(14-20-16-31-18(3)24-20)22-25-23(30-26-22)9-11-27(4)12-10-23/h5-8,16-17H,9-15H2,1-4H3,(H,25,26). The zero-order valence-corrected chi connectivity index (χ0v) is 19.7. The van der Waals surface area contributed by atoms with Gasteiger partial charge in [-0.2, -0.15) is 0 Å². The summed E-state index contributed by atoms with van der Waals surface area (Å²) >= 11 is 1.68. The van der Waals surface area contributed by atoms with Crippen molar-refractivity contribution < 1.29 is 9.57 Å². The number of aliphatic imine (C=N–C) groups is 1. The fourth-order valence-electron chi connectivity index (χ4n) is 3.75. The second kappa shape index (κ2) is 9.54. The van der Waals surface area contributed by atoms with Crippen molar-refractivity contribution in [1.82, 2.24) is 20.3 Å². The first kappa shape index (κ1) is 22.0. The zero-order valence-electron chi connectivity index (χ0n) is 18.9. The lowest BCUT2D eigenvalue weighted by molar-refractivity contribution is -0.0875. The third-order valence-electron chi connectivity index (χ3n) is 5.61. The number of nitrogens with zero attached hydrogens (tertiary/aromatic N) is 4. The minimum absolute atomic E-state index is 0.452. The van der Waals surface area contributed by atoms with E-state index in [4.69, 9.17) is 14.6 Å². The molecule has 2 aliphatic heterocycles. The van der Waals surface area contributed by atoms with Crippen LogP contribution in [0.25, 0.3) is 0 Å². The lowest BCUT2D eigenvalue weighted by Crippen LogP contribution is -2.43. The molecule has 2 aliphatic rings. The Morgan fingerprint density at radius 2 is 1.97 bits per heavy atom. The smallest absolute Gasteiger partial charge is 0.222 e. The van der Waals surface area contributed by atoms with Crippen molar-refractivity contribution >= 4 is 17.3 Å². The molecule has 1 N–H and O–H groups in total. The summed E-state index contributed by atoms with van der Waals surface area (Å²) in [7, 11) is 2.14. The molecule has 2 aromatic rings. The number of benzene rings is 1. The average molecular weight is 444 g/mol. The van der Waals surface area contributed by atoms with Crippen molar-refractivity contribution in [2.75, 3.05) is 26.7 Å². The van der Waals surface area contributed by atoms with Crippen LogP contribution in [0.5, 0.6) is 5.75 Å². The van der Waals surface area contributed by atoms with Crippen molar-refractivity contribution in [2.24, 2.45) is 10.9 Å². The molecule has 0 radical (unpaired) electrons. The van der Waals surface area contributed by atoms with Crippen molar-refractivity contribution in [3.63, 3.8) is 0 Å². The Hall–Kier alpha value is -2.16. The number of aromatic nitrogens is 1. The first-order chi connectivity index (χ1) is 14.9. The molecule has 31 heavy (non-hydrogen) atoms. The summed E-state index contributed by atoms with van der Waals surface area (Å²) in [6.45, 7) is 10.4. The monoisotopic (exact) mass is 443 g/mol. The largest absolute Gasteiger partial charge is 0.493 e. The molecule has 168 valence electrons. The minimum Gasteiger partial charge on any atom is -0.493 e. The molecule has 4 rings (SSSR count). The van der Waals surface area contributed by atoms with Gasteiger partial charge in [0.15, 0.2) is 5.72 Å². The van der Waals surface area contributed by atoms with Crippen LogP contribution in [0.15, 0.2) is 34.6 Å². The van der Waals surface area contributed by atoms with Crippen LogP contribution in [-0.4, -0.2) is 53.2 Å². The molecule has 3 heterocycles. The van der Waals surface area contributed by atoms with Gasteiger partial charge < -0.3 is 14.5 Å². The molecule has 8 heteroatoms.